The van der Waals surface area contributed by atoms with Crippen LogP contribution in [0.15, 0.2) is 176 Å². The number of para-hydroxylation sites is 1. The van der Waals surface area contributed by atoms with Crippen LogP contribution < -0.4 is 0 Å². The minimum Gasteiger partial charge on any atom is -0.354 e. The number of rotatable bonds is 5. The van der Waals surface area contributed by atoms with Gasteiger partial charge in [0.2, 0.25) is 0 Å². The number of benzene rings is 8. The molecule has 4 nitrogen and oxygen atoms in total. The van der Waals surface area contributed by atoms with E-state index in [2.05, 4.69) is 158 Å². The van der Waals surface area contributed by atoms with Gasteiger partial charge in [-0.1, -0.05) is 172 Å². The van der Waals surface area contributed by atoms with Crippen LogP contribution in [-0.4, -0.2) is 19.9 Å². The first-order chi connectivity index (χ1) is 27.5. The highest BCUT2D eigenvalue weighted by Crippen LogP contribution is 2.52. The Bertz CT molecular complexity index is 3120. The number of fused-ring (bicyclic) bond motifs is 6. The Hall–Kier alpha value is -7.17. The van der Waals surface area contributed by atoms with Crippen molar-refractivity contribution in [3.8, 4) is 67.5 Å². The number of H-pyrrole nitrogens is 1. The number of nitrogens with zero attached hydrogens (tertiary/aromatic N) is 3. The quantitative estimate of drug-likeness (QED) is 0.193. The third kappa shape index (κ3) is 5.10. The molecule has 11 rings (SSSR count). The molecule has 0 saturated heterocycles. The minimum absolute atomic E-state index is 0.189. The molecule has 0 aliphatic heterocycles. The molecule has 2 heterocycles. The van der Waals surface area contributed by atoms with Gasteiger partial charge in [0, 0.05) is 44.0 Å². The van der Waals surface area contributed by atoms with Crippen molar-refractivity contribution in [2.75, 3.05) is 0 Å². The maximum atomic E-state index is 5.04. The molecule has 10 aromatic rings. The van der Waals surface area contributed by atoms with Crippen LogP contribution >= 0.6 is 0 Å². The van der Waals surface area contributed by atoms with E-state index in [4.69, 9.17) is 15.0 Å². The second-order valence-electron chi connectivity index (χ2n) is 15.3. The van der Waals surface area contributed by atoms with Gasteiger partial charge in [-0.25, -0.2) is 15.0 Å². The molecule has 0 unspecified atom stereocenters. The fourth-order valence-electron chi connectivity index (χ4n) is 8.76. The molecule has 0 atom stereocenters. The lowest BCUT2D eigenvalue weighted by Gasteiger charge is -2.35. The van der Waals surface area contributed by atoms with E-state index in [0.29, 0.717) is 17.5 Å². The standard InChI is InChI=1S/C52H36N4/c1-52(2)43-18-11-16-39-30-42-40-17-9-10-19-45(40)53-48(42)47(46(39)43)41-29-28-38(31-44(41)52)34-22-26-37(27-23-34)51-55-49(35-14-7-4-8-15-35)54-50(56-51)36-24-20-33(21-25-36)32-12-5-3-6-13-32/h3-31,53H,1-2H3. The van der Waals surface area contributed by atoms with Gasteiger partial charge in [0.1, 0.15) is 0 Å². The molecular formula is C52H36N4. The van der Waals surface area contributed by atoms with Gasteiger partial charge in [-0.15, -0.1) is 0 Å². The Morgan fingerprint density at radius 3 is 1.59 bits per heavy atom. The summed E-state index contributed by atoms with van der Waals surface area (Å²) in [5.41, 5.74) is 15.0. The van der Waals surface area contributed by atoms with Crippen molar-refractivity contribution in [1.82, 2.24) is 19.9 Å². The van der Waals surface area contributed by atoms with Crippen LogP contribution in [0.5, 0.6) is 0 Å². The van der Waals surface area contributed by atoms with Gasteiger partial charge >= 0.3 is 0 Å². The summed E-state index contributed by atoms with van der Waals surface area (Å²) in [5.74, 6) is 1.94. The van der Waals surface area contributed by atoms with Crippen molar-refractivity contribution in [1.29, 1.82) is 0 Å². The first-order valence-electron chi connectivity index (χ1n) is 19.2. The van der Waals surface area contributed by atoms with Crippen LogP contribution in [0.3, 0.4) is 0 Å². The Morgan fingerprint density at radius 1 is 0.411 bits per heavy atom. The van der Waals surface area contributed by atoms with Crippen LogP contribution in [-0.2, 0) is 5.41 Å². The van der Waals surface area contributed by atoms with E-state index in [1.807, 2.05) is 36.4 Å². The first-order valence-corrected chi connectivity index (χ1v) is 19.2. The molecule has 1 aliphatic carbocycles. The third-order valence-corrected chi connectivity index (χ3v) is 11.7. The van der Waals surface area contributed by atoms with E-state index in [-0.39, 0.29) is 5.41 Å². The second kappa shape index (κ2) is 12.4. The van der Waals surface area contributed by atoms with E-state index >= 15 is 0 Å². The Morgan fingerprint density at radius 2 is 0.929 bits per heavy atom. The maximum Gasteiger partial charge on any atom is 0.164 e. The summed E-state index contributed by atoms with van der Waals surface area (Å²) in [7, 11) is 0. The van der Waals surface area contributed by atoms with Gasteiger partial charge in [0.05, 0.1) is 5.52 Å². The molecule has 0 bridgehead atoms. The summed E-state index contributed by atoms with van der Waals surface area (Å²) in [6.07, 6.45) is 0. The molecule has 0 amide bonds. The predicted molar refractivity (Wildman–Crippen MR) is 231 cm³/mol. The first kappa shape index (κ1) is 32.3. The average molecular weight is 717 g/mol. The Kier molecular flexibility index (Phi) is 7.17. The molecule has 2 aromatic heterocycles. The van der Waals surface area contributed by atoms with Gasteiger partial charge in [0.25, 0.3) is 0 Å². The fraction of sp³-hybridized carbons (Fsp3) is 0.0577. The van der Waals surface area contributed by atoms with E-state index < -0.39 is 0 Å². The van der Waals surface area contributed by atoms with Crippen LogP contribution in [0.1, 0.15) is 25.0 Å². The van der Waals surface area contributed by atoms with Gasteiger partial charge in [0.15, 0.2) is 17.5 Å². The lowest BCUT2D eigenvalue weighted by molar-refractivity contribution is 0.645. The second-order valence-corrected chi connectivity index (χ2v) is 15.3. The summed E-state index contributed by atoms with van der Waals surface area (Å²) < 4.78 is 0. The van der Waals surface area contributed by atoms with Gasteiger partial charge in [-0.2, -0.15) is 0 Å². The van der Waals surface area contributed by atoms with E-state index in [0.717, 1.165) is 27.8 Å². The van der Waals surface area contributed by atoms with Gasteiger partial charge < -0.3 is 4.98 Å². The zero-order chi connectivity index (χ0) is 37.4. The van der Waals surface area contributed by atoms with E-state index in [9.17, 15) is 0 Å². The van der Waals surface area contributed by atoms with Crippen molar-refractivity contribution in [3.63, 3.8) is 0 Å². The van der Waals surface area contributed by atoms with Crippen LogP contribution in [0, 0.1) is 0 Å². The molecule has 0 radical (unpaired) electrons. The van der Waals surface area contributed by atoms with Crippen molar-refractivity contribution < 1.29 is 0 Å². The zero-order valence-corrected chi connectivity index (χ0v) is 31.1. The SMILES string of the molecule is CC1(C)c2cc(-c3ccc(-c4nc(-c5ccccc5)nc(-c5ccc(-c6ccccc6)cc5)n4)cc3)ccc2-c2c3[nH]c4ccccc4c3cc3cccc1c23. The van der Waals surface area contributed by atoms with Crippen LogP contribution in [0.4, 0.5) is 0 Å². The highest BCUT2D eigenvalue weighted by molar-refractivity contribution is 6.21. The largest absolute Gasteiger partial charge is 0.354 e. The minimum atomic E-state index is -0.189. The Labute approximate surface area is 325 Å². The molecule has 1 N–H and O–H groups in total. The van der Waals surface area contributed by atoms with Crippen molar-refractivity contribution in [2.45, 2.75) is 19.3 Å². The Balaban J connectivity index is 0.996. The highest BCUT2D eigenvalue weighted by Gasteiger charge is 2.35. The third-order valence-electron chi connectivity index (χ3n) is 11.7. The predicted octanol–water partition coefficient (Wildman–Crippen LogP) is 13.3. The summed E-state index contributed by atoms with van der Waals surface area (Å²) in [6, 6.07) is 62.5. The van der Waals surface area contributed by atoms with Crippen molar-refractivity contribution in [3.05, 3.63) is 187 Å². The zero-order valence-electron chi connectivity index (χ0n) is 31.1. The van der Waals surface area contributed by atoms with Gasteiger partial charge in [-0.3, -0.25) is 0 Å². The topological polar surface area (TPSA) is 54.5 Å². The van der Waals surface area contributed by atoms with Crippen LogP contribution in [0.25, 0.3) is 100 Å². The maximum absolute atomic E-state index is 5.04. The average Bonchev–Trinajstić information content (AvgIpc) is 3.63. The normalized spacial score (nSPS) is 13.0. The number of hydrogen-bond acceptors (Lipinski definition) is 3. The number of hydrogen-bond donors (Lipinski definition) is 1. The fourth-order valence-corrected chi connectivity index (χ4v) is 8.76. The monoisotopic (exact) mass is 716 g/mol. The smallest absolute Gasteiger partial charge is 0.164 e. The molecule has 0 saturated carbocycles. The summed E-state index contributed by atoms with van der Waals surface area (Å²) in [4.78, 5) is 18.8. The molecule has 56 heavy (non-hydrogen) atoms. The molecule has 1 aliphatic rings. The summed E-state index contributed by atoms with van der Waals surface area (Å²) >= 11 is 0. The molecule has 8 aromatic carbocycles. The van der Waals surface area contributed by atoms with Crippen LogP contribution in [0.2, 0.25) is 0 Å². The van der Waals surface area contributed by atoms with Crippen molar-refractivity contribution >= 4 is 32.6 Å². The van der Waals surface area contributed by atoms with Gasteiger partial charge in [-0.05, 0) is 67.9 Å². The van der Waals surface area contributed by atoms with E-state index in [1.165, 1.54) is 66.0 Å². The molecule has 264 valence electrons. The highest BCUT2D eigenvalue weighted by atomic mass is 15.0. The molecule has 0 fully saturated rings. The van der Waals surface area contributed by atoms with E-state index in [1.54, 1.807) is 0 Å². The number of nitrogens with one attached hydrogen (secondary N) is 1. The lowest BCUT2D eigenvalue weighted by Crippen LogP contribution is -2.23. The summed E-state index contributed by atoms with van der Waals surface area (Å²) in [5, 5.41) is 5.16. The molecule has 0 spiro atoms. The number of aromatic amines is 1. The lowest BCUT2D eigenvalue weighted by atomic mass is 9.67. The molecular weight excluding hydrogens is 681 g/mol. The van der Waals surface area contributed by atoms with Crippen molar-refractivity contribution in [2.24, 2.45) is 0 Å². The number of aromatic nitrogens is 4. The summed E-state index contributed by atoms with van der Waals surface area (Å²) in [6.45, 7) is 4.73. The molecule has 4 heteroatoms.